The van der Waals surface area contributed by atoms with E-state index in [0.29, 0.717) is 31.6 Å². The zero-order chi connectivity index (χ0) is 17.6. The number of para-hydroxylation sites is 1. The van der Waals surface area contributed by atoms with Gasteiger partial charge in [-0.3, -0.25) is 4.79 Å². The number of thioether (sulfide) groups is 1. The van der Waals surface area contributed by atoms with E-state index in [9.17, 15) is 17.6 Å². The number of halogens is 1. The first-order valence-corrected chi connectivity index (χ1v) is 10.8. The van der Waals surface area contributed by atoms with E-state index in [1.54, 1.807) is 18.2 Å². The van der Waals surface area contributed by atoms with E-state index >= 15 is 0 Å². The molecule has 0 spiro atoms. The van der Waals surface area contributed by atoms with E-state index in [0.717, 1.165) is 0 Å². The van der Waals surface area contributed by atoms with Gasteiger partial charge in [-0.25, -0.2) is 12.8 Å². The van der Waals surface area contributed by atoms with Crippen LogP contribution in [0.5, 0.6) is 0 Å². The molecule has 1 unspecified atom stereocenters. The number of sulfone groups is 1. The lowest BCUT2D eigenvalue weighted by atomic mass is 10.2. The first-order valence-electron chi connectivity index (χ1n) is 7.92. The van der Waals surface area contributed by atoms with Gasteiger partial charge in [-0.1, -0.05) is 12.1 Å². The molecule has 5 nitrogen and oxygen atoms in total. The van der Waals surface area contributed by atoms with Crippen LogP contribution in [0.15, 0.2) is 24.3 Å². The Bertz CT molecular complexity index is 667. The van der Waals surface area contributed by atoms with Crippen molar-refractivity contribution in [2.45, 2.75) is 18.1 Å². The number of hydrogen-bond acceptors (Lipinski definition) is 5. The summed E-state index contributed by atoms with van der Waals surface area (Å²) in [6.45, 7) is 1.15. The van der Waals surface area contributed by atoms with E-state index < -0.39 is 9.84 Å². The standard InChI is InChI=1S/C16H23FN2O3S2/c1-19(15-6-3-2-5-14(15)17)9-4-8-18-16(20)11-23-13-7-10-24(21,22)12-13/h2-3,5-6,13H,4,7-12H2,1H3,(H,18,20). The summed E-state index contributed by atoms with van der Waals surface area (Å²) in [5.41, 5.74) is 0.543. The van der Waals surface area contributed by atoms with Crippen LogP contribution in [0.3, 0.4) is 0 Å². The fourth-order valence-corrected chi connectivity index (χ4v) is 6.04. The van der Waals surface area contributed by atoms with Gasteiger partial charge in [0.2, 0.25) is 5.91 Å². The minimum Gasteiger partial charge on any atom is -0.372 e. The predicted molar refractivity (Wildman–Crippen MR) is 96.8 cm³/mol. The summed E-state index contributed by atoms with van der Waals surface area (Å²) in [5.74, 6) is 0.348. The average Bonchev–Trinajstić information content (AvgIpc) is 2.89. The SMILES string of the molecule is CN(CCCNC(=O)CSC1CCS(=O)(=O)C1)c1ccccc1F. The van der Waals surface area contributed by atoms with Crippen LogP contribution in [0.25, 0.3) is 0 Å². The van der Waals surface area contributed by atoms with Crippen molar-refractivity contribution in [2.75, 3.05) is 42.3 Å². The van der Waals surface area contributed by atoms with Gasteiger partial charge >= 0.3 is 0 Å². The predicted octanol–water partition coefficient (Wildman–Crippen LogP) is 1.69. The van der Waals surface area contributed by atoms with Crippen molar-refractivity contribution >= 4 is 33.2 Å². The van der Waals surface area contributed by atoms with Crippen molar-refractivity contribution in [3.8, 4) is 0 Å². The molecule has 1 aromatic rings. The number of carbonyl (C=O) groups is 1. The van der Waals surface area contributed by atoms with E-state index in [4.69, 9.17) is 0 Å². The van der Waals surface area contributed by atoms with Crippen LogP contribution in [0.1, 0.15) is 12.8 Å². The van der Waals surface area contributed by atoms with Gasteiger partial charge in [0.15, 0.2) is 9.84 Å². The summed E-state index contributed by atoms with van der Waals surface area (Å²) in [7, 11) is -1.08. The summed E-state index contributed by atoms with van der Waals surface area (Å²) < 4.78 is 36.3. The second-order valence-corrected chi connectivity index (χ2v) is 9.43. The zero-order valence-corrected chi connectivity index (χ0v) is 15.3. The van der Waals surface area contributed by atoms with Gasteiger partial charge in [0.1, 0.15) is 5.82 Å². The Balaban J connectivity index is 1.60. The Morgan fingerprint density at radius 2 is 2.17 bits per heavy atom. The van der Waals surface area contributed by atoms with E-state index in [1.165, 1.54) is 17.8 Å². The number of nitrogens with one attached hydrogen (secondary N) is 1. The van der Waals surface area contributed by atoms with Crippen molar-refractivity contribution in [2.24, 2.45) is 0 Å². The van der Waals surface area contributed by atoms with Gasteiger partial charge in [-0.05, 0) is 25.0 Å². The highest BCUT2D eigenvalue weighted by atomic mass is 32.2. The Labute approximate surface area is 146 Å². The monoisotopic (exact) mass is 374 g/mol. The topological polar surface area (TPSA) is 66.5 Å². The lowest BCUT2D eigenvalue weighted by Gasteiger charge is -2.19. The fourth-order valence-electron chi connectivity index (χ4n) is 2.56. The van der Waals surface area contributed by atoms with Crippen LogP contribution in [-0.4, -0.2) is 57.0 Å². The molecule has 134 valence electrons. The highest BCUT2D eigenvalue weighted by Gasteiger charge is 2.28. The Kier molecular flexibility index (Phi) is 6.91. The summed E-state index contributed by atoms with van der Waals surface area (Å²) in [4.78, 5) is 13.6. The van der Waals surface area contributed by atoms with Crippen LogP contribution >= 0.6 is 11.8 Å². The fraction of sp³-hybridized carbons (Fsp3) is 0.562. The molecule has 8 heteroatoms. The van der Waals surface area contributed by atoms with E-state index in [2.05, 4.69) is 5.32 Å². The van der Waals surface area contributed by atoms with Crippen molar-refractivity contribution in [1.29, 1.82) is 0 Å². The minimum atomic E-state index is -2.89. The molecule has 1 fully saturated rings. The molecule has 1 N–H and O–H groups in total. The largest absolute Gasteiger partial charge is 0.372 e. The second kappa shape index (κ2) is 8.71. The lowest BCUT2D eigenvalue weighted by molar-refractivity contribution is -0.118. The quantitative estimate of drug-likeness (QED) is 0.702. The van der Waals surface area contributed by atoms with E-state index in [1.807, 2.05) is 11.9 Å². The third kappa shape index (κ3) is 5.98. The molecule has 24 heavy (non-hydrogen) atoms. The zero-order valence-electron chi connectivity index (χ0n) is 13.7. The Hall–Kier alpha value is -1.28. The maximum absolute atomic E-state index is 13.6. The molecule has 1 aromatic carbocycles. The molecule has 0 saturated carbocycles. The van der Waals surface area contributed by atoms with Crippen molar-refractivity contribution in [1.82, 2.24) is 5.32 Å². The molecule has 0 aromatic heterocycles. The molecule has 1 amide bonds. The number of amides is 1. The maximum Gasteiger partial charge on any atom is 0.230 e. The van der Waals surface area contributed by atoms with Gasteiger partial charge in [-0.15, -0.1) is 11.8 Å². The third-order valence-electron chi connectivity index (χ3n) is 3.90. The maximum atomic E-state index is 13.6. The van der Waals surface area contributed by atoms with Gasteiger partial charge in [0.25, 0.3) is 0 Å². The van der Waals surface area contributed by atoms with Gasteiger partial charge in [0.05, 0.1) is 22.9 Å². The summed E-state index contributed by atoms with van der Waals surface area (Å²) in [6.07, 6.45) is 1.34. The molecule has 1 saturated heterocycles. The summed E-state index contributed by atoms with van der Waals surface area (Å²) in [6, 6.07) is 6.59. The van der Waals surface area contributed by atoms with E-state index in [-0.39, 0.29) is 34.2 Å². The molecule has 0 aliphatic carbocycles. The van der Waals surface area contributed by atoms with Crippen LogP contribution in [-0.2, 0) is 14.6 Å². The number of carbonyl (C=O) groups excluding carboxylic acids is 1. The third-order valence-corrected chi connectivity index (χ3v) is 7.18. The molecule has 0 bridgehead atoms. The smallest absolute Gasteiger partial charge is 0.230 e. The highest BCUT2D eigenvalue weighted by molar-refractivity contribution is 8.02. The molecular weight excluding hydrogens is 351 g/mol. The van der Waals surface area contributed by atoms with Crippen LogP contribution < -0.4 is 10.2 Å². The van der Waals surface area contributed by atoms with Gasteiger partial charge in [-0.2, -0.15) is 0 Å². The first-order chi connectivity index (χ1) is 11.4. The van der Waals surface area contributed by atoms with Gasteiger partial charge < -0.3 is 10.2 Å². The summed E-state index contributed by atoms with van der Waals surface area (Å²) in [5, 5.41) is 2.85. The molecule has 1 atom stereocenters. The summed E-state index contributed by atoms with van der Waals surface area (Å²) >= 11 is 1.41. The Morgan fingerprint density at radius 3 is 2.83 bits per heavy atom. The number of hydrogen-bond donors (Lipinski definition) is 1. The van der Waals surface area contributed by atoms with Crippen molar-refractivity contribution < 1.29 is 17.6 Å². The molecular formula is C16H23FN2O3S2. The minimum absolute atomic E-state index is 0.0351. The average molecular weight is 375 g/mol. The lowest BCUT2D eigenvalue weighted by Crippen LogP contribution is -2.30. The van der Waals surface area contributed by atoms with Crippen molar-refractivity contribution in [3.63, 3.8) is 0 Å². The van der Waals surface area contributed by atoms with Gasteiger partial charge in [0, 0.05) is 25.4 Å². The molecule has 2 rings (SSSR count). The number of nitrogens with zero attached hydrogens (tertiary/aromatic N) is 1. The Morgan fingerprint density at radius 1 is 1.42 bits per heavy atom. The highest BCUT2D eigenvalue weighted by Crippen LogP contribution is 2.24. The second-order valence-electron chi connectivity index (χ2n) is 5.91. The molecule has 1 aliphatic heterocycles. The first kappa shape index (κ1) is 19.1. The molecule has 0 radical (unpaired) electrons. The normalized spacial score (nSPS) is 19.2. The molecule has 1 aliphatic rings. The van der Waals surface area contributed by atoms with Crippen molar-refractivity contribution in [3.05, 3.63) is 30.1 Å². The van der Waals surface area contributed by atoms with Crippen LogP contribution in [0, 0.1) is 5.82 Å². The molecule has 1 heterocycles. The number of benzene rings is 1. The van der Waals surface area contributed by atoms with Crippen LogP contribution in [0.2, 0.25) is 0 Å². The number of rotatable bonds is 8. The van der Waals surface area contributed by atoms with Crippen LogP contribution in [0.4, 0.5) is 10.1 Å². The number of anilines is 1.